The SMILES string of the molecule is COCc1c(-c2nc(C3CC3)no2)ncc2[nH]c3ccc(Oc4ccc(S(=O)(=O)NN5CCOCC5)cc4)cc3c12. The number of benzene rings is 2. The highest BCUT2D eigenvalue weighted by atomic mass is 32.2. The number of pyridine rings is 1. The molecule has 0 spiro atoms. The van der Waals surface area contributed by atoms with Crippen LogP contribution in [0.3, 0.4) is 0 Å². The first-order chi connectivity index (χ1) is 20.0. The maximum absolute atomic E-state index is 12.8. The molecule has 3 aromatic heterocycles. The van der Waals surface area contributed by atoms with Crippen LogP contribution in [0.5, 0.6) is 11.5 Å². The molecule has 2 aliphatic rings. The van der Waals surface area contributed by atoms with E-state index in [1.54, 1.807) is 30.4 Å². The molecule has 5 aromatic rings. The van der Waals surface area contributed by atoms with Crippen molar-refractivity contribution in [2.45, 2.75) is 30.3 Å². The zero-order valence-corrected chi connectivity index (χ0v) is 23.1. The number of hydrogen-bond donors (Lipinski definition) is 2. The van der Waals surface area contributed by atoms with E-state index in [9.17, 15) is 8.42 Å². The number of H-pyrrole nitrogens is 1. The number of methoxy groups -OCH3 is 1. The Morgan fingerprint density at radius 1 is 1.07 bits per heavy atom. The Kier molecular flexibility index (Phi) is 6.67. The Bertz CT molecular complexity index is 1820. The normalized spacial score (nSPS) is 16.5. The van der Waals surface area contributed by atoms with Gasteiger partial charge in [0.2, 0.25) is 0 Å². The zero-order valence-electron chi connectivity index (χ0n) is 22.3. The molecule has 0 bridgehead atoms. The summed E-state index contributed by atoms with van der Waals surface area (Å²) in [5.41, 5.74) is 3.18. The Labute approximate surface area is 235 Å². The summed E-state index contributed by atoms with van der Waals surface area (Å²) in [6.45, 7) is 2.26. The van der Waals surface area contributed by atoms with Gasteiger partial charge in [-0.2, -0.15) is 4.98 Å². The summed E-state index contributed by atoms with van der Waals surface area (Å²) in [5.74, 6) is 2.56. The van der Waals surface area contributed by atoms with Gasteiger partial charge in [0.1, 0.15) is 17.2 Å². The predicted octanol–water partition coefficient (Wildman–Crippen LogP) is 4.11. The number of morpholine rings is 1. The number of aromatic amines is 1. The van der Waals surface area contributed by atoms with Crippen molar-refractivity contribution in [2.75, 3.05) is 33.4 Å². The van der Waals surface area contributed by atoms with Gasteiger partial charge in [-0.3, -0.25) is 0 Å². The first kappa shape index (κ1) is 26.0. The number of rotatable bonds is 9. The molecule has 1 aliphatic heterocycles. The number of sulfonamides is 1. The van der Waals surface area contributed by atoms with Gasteiger partial charge in [-0.1, -0.05) is 5.16 Å². The van der Waals surface area contributed by atoms with Crippen molar-refractivity contribution in [1.29, 1.82) is 0 Å². The highest BCUT2D eigenvalue weighted by Crippen LogP contribution is 2.40. The van der Waals surface area contributed by atoms with Crippen LogP contribution in [0.2, 0.25) is 0 Å². The first-order valence-electron chi connectivity index (χ1n) is 13.4. The number of nitrogens with zero attached hydrogens (tertiary/aromatic N) is 4. The van der Waals surface area contributed by atoms with Crippen molar-refractivity contribution < 1.29 is 27.2 Å². The lowest BCUT2D eigenvalue weighted by Crippen LogP contribution is -2.48. The molecule has 212 valence electrons. The summed E-state index contributed by atoms with van der Waals surface area (Å²) in [7, 11) is -2.07. The summed E-state index contributed by atoms with van der Waals surface area (Å²) < 4.78 is 48.1. The number of hydrazine groups is 1. The maximum Gasteiger partial charge on any atom is 0.276 e. The van der Waals surface area contributed by atoms with Crippen LogP contribution < -0.4 is 9.57 Å². The van der Waals surface area contributed by atoms with Crippen LogP contribution in [0.25, 0.3) is 33.4 Å². The third-order valence-corrected chi connectivity index (χ3v) is 8.61. The molecule has 1 saturated heterocycles. The molecule has 13 heteroatoms. The van der Waals surface area contributed by atoms with Gasteiger partial charge in [-0.15, -0.1) is 4.83 Å². The molecule has 0 atom stereocenters. The van der Waals surface area contributed by atoms with Crippen LogP contribution in [0.15, 0.2) is 58.1 Å². The molecule has 7 rings (SSSR count). The van der Waals surface area contributed by atoms with Crippen LogP contribution in [0.4, 0.5) is 0 Å². The Hall–Kier alpha value is -3.88. The van der Waals surface area contributed by atoms with Crippen LogP contribution in [-0.4, -0.2) is 66.9 Å². The van der Waals surface area contributed by atoms with Crippen LogP contribution in [0.1, 0.15) is 30.1 Å². The van der Waals surface area contributed by atoms with Gasteiger partial charge in [0.05, 0.1) is 36.4 Å². The number of hydrogen-bond acceptors (Lipinski definition) is 10. The van der Waals surface area contributed by atoms with Gasteiger partial charge < -0.3 is 23.7 Å². The van der Waals surface area contributed by atoms with Gasteiger partial charge in [0.15, 0.2) is 5.82 Å². The summed E-state index contributed by atoms with van der Waals surface area (Å²) in [5, 5.41) is 7.65. The van der Waals surface area contributed by atoms with Crippen molar-refractivity contribution in [3.05, 3.63) is 60.0 Å². The fourth-order valence-electron chi connectivity index (χ4n) is 5.01. The van der Waals surface area contributed by atoms with Crippen molar-refractivity contribution in [3.8, 4) is 23.1 Å². The molecule has 0 radical (unpaired) electrons. The van der Waals surface area contributed by atoms with Gasteiger partial charge >= 0.3 is 0 Å². The minimum atomic E-state index is -3.71. The number of aromatic nitrogens is 4. The van der Waals surface area contributed by atoms with Crippen molar-refractivity contribution in [2.24, 2.45) is 0 Å². The lowest BCUT2D eigenvalue weighted by molar-refractivity contribution is 0.0272. The highest BCUT2D eigenvalue weighted by Gasteiger charge is 2.30. The summed E-state index contributed by atoms with van der Waals surface area (Å²) >= 11 is 0. The number of ether oxygens (including phenoxy) is 3. The molecule has 0 amide bonds. The Morgan fingerprint density at radius 3 is 2.61 bits per heavy atom. The second-order valence-electron chi connectivity index (χ2n) is 10.1. The Morgan fingerprint density at radius 2 is 1.85 bits per heavy atom. The first-order valence-corrected chi connectivity index (χ1v) is 14.9. The molecule has 41 heavy (non-hydrogen) atoms. The van der Waals surface area contributed by atoms with E-state index in [0.29, 0.717) is 61.9 Å². The van der Waals surface area contributed by atoms with Gasteiger partial charge in [-0.05, 0) is 55.3 Å². The maximum atomic E-state index is 12.8. The number of nitrogens with one attached hydrogen (secondary N) is 2. The molecule has 1 saturated carbocycles. The molecule has 4 heterocycles. The van der Waals surface area contributed by atoms with E-state index in [4.69, 9.17) is 18.7 Å². The van der Waals surface area contributed by atoms with E-state index < -0.39 is 10.0 Å². The average Bonchev–Trinajstić information content (AvgIpc) is 3.59. The summed E-state index contributed by atoms with van der Waals surface area (Å²) in [6.07, 6.45) is 3.91. The van der Waals surface area contributed by atoms with E-state index in [0.717, 1.165) is 46.0 Å². The molecule has 12 nitrogen and oxygen atoms in total. The molecular weight excluding hydrogens is 548 g/mol. The molecule has 2 aromatic carbocycles. The van der Waals surface area contributed by atoms with E-state index >= 15 is 0 Å². The zero-order chi connectivity index (χ0) is 28.0. The Balaban J connectivity index is 1.18. The second-order valence-corrected chi connectivity index (χ2v) is 11.8. The monoisotopic (exact) mass is 576 g/mol. The quantitative estimate of drug-likeness (QED) is 0.263. The topological polar surface area (TPSA) is 145 Å². The van der Waals surface area contributed by atoms with Gasteiger partial charge in [0.25, 0.3) is 15.9 Å². The molecule has 2 fully saturated rings. The standard InChI is InChI=1S/C28H28N6O6S/c1-37-16-22-25-21-14-19(39-18-4-7-20(8-5-18)41(35,36)33-34-10-12-38-13-11-34)6-9-23(21)30-24(25)15-29-26(22)28-31-27(32-40-28)17-2-3-17/h4-9,14-15,17,30,33H,2-3,10-13,16H2,1H3. The van der Waals surface area contributed by atoms with Gasteiger partial charge in [0, 0.05) is 48.0 Å². The highest BCUT2D eigenvalue weighted by molar-refractivity contribution is 7.89. The third kappa shape index (κ3) is 5.18. The summed E-state index contributed by atoms with van der Waals surface area (Å²) in [6, 6.07) is 12.0. The summed E-state index contributed by atoms with van der Waals surface area (Å²) in [4.78, 5) is 15.4. The minimum absolute atomic E-state index is 0.151. The smallest absolute Gasteiger partial charge is 0.276 e. The van der Waals surface area contributed by atoms with Crippen LogP contribution in [-0.2, 0) is 26.1 Å². The lowest BCUT2D eigenvalue weighted by Gasteiger charge is -2.26. The van der Waals surface area contributed by atoms with E-state index in [-0.39, 0.29) is 4.90 Å². The van der Waals surface area contributed by atoms with Crippen molar-refractivity contribution in [3.63, 3.8) is 0 Å². The predicted molar refractivity (Wildman–Crippen MR) is 149 cm³/mol. The van der Waals surface area contributed by atoms with Crippen LogP contribution in [0, 0.1) is 0 Å². The molecule has 1 aliphatic carbocycles. The van der Waals surface area contributed by atoms with Gasteiger partial charge in [-0.25, -0.2) is 18.4 Å². The fourth-order valence-corrected chi connectivity index (χ4v) is 6.13. The van der Waals surface area contributed by atoms with Crippen molar-refractivity contribution in [1.82, 2.24) is 29.9 Å². The van der Waals surface area contributed by atoms with Crippen molar-refractivity contribution >= 4 is 31.8 Å². The fraction of sp³-hybridized carbons (Fsp3) is 0.321. The minimum Gasteiger partial charge on any atom is -0.457 e. The van der Waals surface area contributed by atoms with E-state index in [1.807, 2.05) is 18.2 Å². The number of fused-ring (bicyclic) bond motifs is 3. The average molecular weight is 577 g/mol. The molecule has 0 unspecified atom stereocenters. The molecular formula is C28H28N6O6S. The van der Waals surface area contributed by atoms with E-state index in [2.05, 4.69) is 24.9 Å². The lowest BCUT2D eigenvalue weighted by atomic mass is 10.1. The largest absolute Gasteiger partial charge is 0.457 e. The van der Waals surface area contributed by atoms with Crippen LogP contribution >= 0.6 is 0 Å². The second kappa shape index (κ2) is 10.5. The van der Waals surface area contributed by atoms with E-state index in [1.165, 1.54) is 12.1 Å². The third-order valence-electron chi connectivity index (χ3n) is 7.22. The molecule has 2 N–H and O–H groups in total.